The van der Waals surface area contributed by atoms with Gasteiger partial charge in [-0.15, -0.1) is 0 Å². The van der Waals surface area contributed by atoms with Crippen LogP contribution >= 0.6 is 0 Å². The van der Waals surface area contributed by atoms with Crippen LogP contribution in [-0.2, 0) is 25.6 Å². The van der Waals surface area contributed by atoms with Crippen LogP contribution in [0.3, 0.4) is 0 Å². The van der Waals surface area contributed by atoms with Crippen molar-refractivity contribution < 1.29 is 24.1 Å². The number of hydrogen-bond donors (Lipinski definition) is 1. The number of fused-ring (bicyclic) bond motifs is 1. The molecule has 0 aromatic heterocycles. The first-order valence-corrected chi connectivity index (χ1v) is 9.03. The van der Waals surface area contributed by atoms with Gasteiger partial charge in [0, 0.05) is 11.5 Å². The molecule has 0 bridgehead atoms. The van der Waals surface area contributed by atoms with Gasteiger partial charge in [0.25, 0.3) is 0 Å². The van der Waals surface area contributed by atoms with Crippen LogP contribution < -0.4 is 0 Å². The van der Waals surface area contributed by atoms with Crippen molar-refractivity contribution in [2.45, 2.75) is 44.4 Å². The predicted octanol–water partition coefficient (Wildman–Crippen LogP) is 3.04. The van der Waals surface area contributed by atoms with E-state index >= 15 is 0 Å². The molecule has 4 rings (SSSR count). The van der Waals surface area contributed by atoms with Gasteiger partial charge in [-0.05, 0) is 5.56 Å². The monoisotopic (exact) mass is 356 g/mol. The van der Waals surface area contributed by atoms with E-state index in [2.05, 4.69) is 0 Å². The molecular formula is C21H24O5. The predicted molar refractivity (Wildman–Crippen MR) is 95.1 cm³/mol. The topological polar surface area (TPSA) is 57.2 Å². The van der Waals surface area contributed by atoms with Crippen LogP contribution in [0.25, 0.3) is 0 Å². The summed E-state index contributed by atoms with van der Waals surface area (Å²) in [5, 5.41) is 10.8. The fourth-order valence-electron chi connectivity index (χ4n) is 3.45. The summed E-state index contributed by atoms with van der Waals surface area (Å²) in [6.07, 6.45) is -2.43. The van der Waals surface area contributed by atoms with E-state index < -0.39 is 24.8 Å². The molecule has 0 saturated carbocycles. The largest absolute Gasteiger partial charge is 0.390 e. The Balaban J connectivity index is 1.40. The van der Waals surface area contributed by atoms with E-state index in [9.17, 15) is 5.11 Å². The highest BCUT2D eigenvalue weighted by molar-refractivity contribution is 5.17. The third-order valence-corrected chi connectivity index (χ3v) is 5.00. The van der Waals surface area contributed by atoms with Crippen molar-refractivity contribution in [3.8, 4) is 0 Å². The van der Waals surface area contributed by atoms with Crippen molar-refractivity contribution in [3.05, 3.63) is 71.8 Å². The highest BCUT2D eigenvalue weighted by Gasteiger charge is 2.48. The summed E-state index contributed by atoms with van der Waals surface area (Å²) in [7, 11) is 0. The van der Waals surface area contributed by atoms with Crippen molar-refractivity contribution in [2.24, 2.45) is 5.92 Å². The first-order valence-electron chi connectivity index (χ1n) is 9.03. The fourth-order valence-corrected chi connectivity index (χ4v) is 3.45. The Morgan fingerprint density at radius 1 is 1.00 bits per heavy atom. The molecule has 2 fully saturated rings. The second-order valence-corrected chi connectivity index (χ2v) is 6.87. The molecule has 5 heteroatoms. The molecule has 0 amide bonds. The Hall–Kier alpha value is -1.76. The van der Waals surface area contributed by atoms with E-state index in [1.54, 1.807) is 0 Å². The first kappa shape index (κ1) is 17.6. The van der Waals surface area contributed by atoms with Crippen molar-refractivity contribution in [3.63, 3.8) is 0 Å². The minimum absolute atomic E-state index is 0.200. The van der Waals surface area contributed by atoms with Gasteiger partial charge in [0.2, 0.25) is 0 Å². The van der Waals surface area contributed by atoms with Crippen molar-refractivity contribution in [1.82, 2.24) is 0 Å². The Morgan fingerprint density at radius 3 is 2.42 bits per heavy atom. The zero-order valence-corrected chi connectivity index (χ0v) is 14.7. The number of benzene rings is 2. The zero-order chi connectivity index (χ0) is 17.9. The molecule has 3 unspecified atom stereocenters. The second kappa shape index (κ2) is 7.86. The van der Waals surface area contributed by atoms with Gasteiger partial charge in [-0.2, -0.15) is 0 Å². The summed E-state index contributed by atoms with van der Waals surface area (Å²) in [6, 6.07) is 19.7. The van der Waals surface area contributed by atoms with Gasteiger partial charge in [0.15, 0.2) is 12.6 Å². The molecule has 2 aromatic carbocycles. The zero-order valence-electron chi connectivity index (χ0n) is 14.7. The molecule has 2 heterocycles. The SMILES string of the molecule is CC1[C@H](OCc2ccccc2)OC2COC(c3ccccc3)O[C@H]2[C@@H]1O. The van der Waals surface area contributed by atoms with E-state index in [1.165, 1.54) is 0 Å². The molecule has 0 spiro atoms. The van der Waals surface area contributed by atoms with Gasteiger partial charge >= 0.3 is 0 Å². The number of rotatable bonds is 4. The molecule has 0 radical (unpaired) electrons. The molecule has 1 N–H and O–H groups in total. The smallest absolute Gasteiger partial charge is 0.184 e. The standard InChI is InChI=1S/C21H24O5/c1-14-18(22)19-17(13-24-21(26-19)16-10-6-3-7-11-16)25-20(14)23-12-15-8-4-2-5-9-15/h2-11,14,17-22H,12-13H2,1H3/t14?,17?,18-,19-,20-,21?/m1/s1. The van der Waals surface area contributed by atoms with E-state index in [0.29, 0.717) is 13.2 Å². The van der Waals surface area contributed by atoms with Crippen molar-refractivity contribution >= 4 is 0 Å². The highest BCUT2D eigenvalue weighted by atomic mass is 16.7. The lowest BCUT2D eigenvalue weighted by atomic mass is 9.91. The molecule has 6 atom stereocenters. The van der Waals surface area contributed by atoms with Crippen molar-refractivity contribution in [1.29, 1.82) is 0 Å². The number of hydrogen-bond acceptors (Lipinski definition) is 5. The number of aliphatic hydroxyl groups is 1. The van der Waals surface area contributed by atoms with Gasteiger partial charge in [-0.25, -0.2) is 0 Å². The van der Waals surface area contributed by atoms with Crippen LogP contribution in [0.15, 0.2) is 60.7 Å². The summed E-state index contributed by atoms with van der Waals surface area (Å²) in [4.78, 5) is 0. The van der Waals surface area contributed by atoms with E-state index in [-0.39, 0.29) is 12.0 Å². The lowest BCUT2D eigenvalue weighted by molar-refractivity contribution is -0.353. The molecule has 2 aliphatic heterocycles. The van der Waals surface area contributed by atoms with E-state index in [1.807, 2.05) is 67.6 Å². The summed E-state index contributed by atoms with van der Waals surface area (Å²) in [5.74, 6) is -0.200. The fraction of sp³-hybridized carbons (Fsp3) is 0.429. The molecule has 2 aliphatic rings. The maximum atomic E-state index is 10.8. The maximum absolute atomic E-state index is 10.8. The summed E-state index contributed by atoms with van der Waals surface area (Å²) >= 11 is 0. The van der Waals surface area contributed by atoms with Crippen molar-refractivity contribution in [2.75, 3.05) is 6.61 Å². The summed E-state index contributed by atoms with van der Waals surface area (Å²) in [6.45, 7) is 2.72. The van der Waals surface area contributed by atoms with Crippen LogP contribution in [0.5, 0.6) is 0 Å². The quantitative estimate of drug-likeness (QED) is 0.913. The third kappa shape index (κ3) is 3.68. The van der Waals surface area contributed by atoms with Gasteiger partial charge in [0.1, 0.15) is 12.2 Å². The molecule has 2 aromatic rings. The van der Waals surface area contributed by atoms with Crippen LogP contribution in [0.2, 0.25) is 0 Å². The molecule has 138 valence electrons. The minimum Gasteiger partial charge on any atom is -0.390 e. The Kier molecular flexibility index (Phi) is 5.33. The van der Waals surface area contributed by atoms with Crippen LogP contribution in [0.4, 0.5) is 0 Å². The molecule has 5 nitrogen and oxygen atoms in total. The van der Waals surface area contributed by atoms with Crippen LogP contribution in [0.1, 0.15) is 24.3 Å². The summed E-state index contributed by atoms with van der Waals surface area (Å²) in [5.41, 5.74) is 2.01. The number of aliphatic hydroxyl groups excluding tert-OH is 1. The first-order chi connectivity index (χ1) is 12.7. The summed E-state index contributed by atoms with van der Waals surface area (Å²) < 4.78 is 23.8. The Labute approximate surface area is 153 Å². The second-order valence-electron chi connectivity index (χ2n) is 6.87. The van der Waals surface area contributed by atoms with E-state index in [4.69, 9.17) is 18.9 Å². The molecule has 0 aliphatic carbocycles. The average Bonchev–Trinajstić information content (AvgIpc) is 2.71. The van der Waals surface area contributed by atoms with Gasteiger partial charge in [-0.3, -0.25) is 0 Å². The van der Waals surface area contributed by atoms with Gasteiger partial charge < -0.3 is 24.1 Å². The number of ether oxygens (including phenoxy) is 4. The van der Waals surface area contributed by atoms with Crippen LogP contribution in [0, 0.1) is 5.92 Å². The molecule has 26 heavy (non-hydrogen) atoms. The third-order valence-electron chi connectivity index (χ3n) is 5.00. The average molecular weight is 356 g/mol. The van der Waals surface area contributed by atoms with Gasteiger partial charge in [0.05, 0.1) is 19.3 Å². The van der Waals surface area contributed by atoms with Gasteiger partial charge in [-0.1, -0.05) is 67.6 Å². The minimum atomic E-state index is -0.676. The highest BCUT2D eigenvalue weighted by Crippen LogP contribution is 2.36. The Bertz CT molecular complexity index is 690. The Morgan fingerprint density at radius 2 is 1.69 bits per heavy atom. The maximum Gasteiger partial charge on any atom is 0.184 e. The lowest BCUT2D eigenvalue weighted by Gasteiger charge is -2.47. The normalized spacial score (nSPS) is 34.2. The molecular weight excluding hydrogens is 332 g/mol. The van der Waals surface area contributed by atoms with Crippen LogP contribution in [-0.4, -0.2) is 36.3 Å². The van der Waals surface area contributed by atoms with E-state index in [0.717, 1.165) is 11.1 Å². The molecule has 2 saturated heterocycles. The lowest BCUT2D eigenvalue weighted by Crippen LogP contribution is -2.59.